The molecule has 0 saturated heterocycles. The highest BCUT2D eigenvalue weighted by atomic mass is 35.5. The van der Waals surface area contributed by atoms with Gasteiger partial charge in [0.15, 0.2) is 0 Å². The van der Waals surface area contributed by atoms with Crippen LogP contribution in [0.5, 0.6) is 0 Å². The molecule has 1 heterocycles. The second-order valence-electron chi connectivity index (χ2n) is 4.79. The van der Waals surface area contributed by atoms with E-state index < -0.39 is 0 Å². The number of rotatable bonds is 2. The van der Waals surface area contributed by atoms with Crippen LogP contribution in [-0.4, -0.2) is 17.8 Å². The topological polar surface area (TPSA) is 25.8 Å². The molecule has 0 radical (unpaired) electrons. The summed E-state index contributed by atoms with van der Waals surface area (Å²) >= 11 is 6.31. The van der Waals surface area contributed by atoms with Crippen molar-refractivity contribution in [3.05, 3.63) is 58.7 Å². The summed E-state index contributed by atoms with van der Waals surface area (Å²) < 4.78 is 0. The monoisotopic (exact) mass is 280 g/mol. The van der Waals surface area contributed by atoms with Crippen molar-refractivity contribution in [2.75, 3.05) is 0 Å². The van der Waals surface area contributed by atoms with Crippen molar-refractivity contribution >= 4 is 30.5 Å². The molecule has 98 valence electrons. The van der Waals surface area contributed by atoms with Gasteiger partial charge >= 0.3 is 0 Å². The molecule has 0 saturated carbocycles. The zero-order chi connectivity index (χ0) is 14.1. The predicted octanol–water partition coefficient (Wildman–Crippen LogP) is 3.39. The molecule has 0 bridgehead atoms. The zero-order valence-electron chi connectivity index (χ0n) is 11.5. The highest BCUT2D eigenvalue weighted by molar-refractivity contribution is 6.33. The Morgan fingerprint density at radius 2 is 1.85 bits per heavy atom. The Bertz CT molecular complexity index is 787. The molecule has 2 nitrogen and oxygen atoms in total. The summed E-state index contributed by atoms with van der Waals surface area (Å²) in [5, 5.41) is 0.712. The standard InChI is InChI=1S/C16H14BClN2/c1-10-5-4-8-13-15(10)20-16(14(9-17)19-13)11-6-2-3-7-12(11)18/h2-8H,9,17H2,1H3. The van der Waals surface area contributed by atoms with E-state index >= 15 is 0 Å². The number of para-hydroxylation sites is 1. The SMILES string of the molecule is BCc1nc2cccc(C)c2nc1-c1ccccc1Cl. The molecule has 0 fully saturated rings. The highest BCUT2D eigenvalue weighted by Crippen LogP contribution is 2.30. The zero-order valence-corrected chi connectivity index (χ0v) is 12.3. The van der Waals surface area contributed by atoms with Gasteiger partial charge in [-0.3, -0.25) is 0 Å². The second kappa shape index (κ2) is 5.26. The number of halogens is 1. The first-order valence-corrected chi connectivity index (χ1v) is 7.09. The largest absolute Gasteiger partial charge is 0.250 e. The summed E-state index contributed by atoms with van der Waals surface area (Å²) in [5.74, 6) is 0. The van der Waals surface area contributed by atoms with Crippen molar-refractivity contribution < 1.29 is 0 Å². The van der Waals surface area contributed by atoms with E-state index in [0.717, 1.165) is 39.9 Å². The molecular weight excluding hydrogens is 266 g/mol. The van der Waals surface area contributed by atoms with E-state index in [0.29, 0.717) is 5.02 Å². The minimum atomic E-state index is 0.712. The van der Waals surface area contributed by atoms with Gasteiger partial charge in [0.1, 0.15) is 7.85 Å². The van der Waals surface area contributed by atoms with E-state index in [1.807, 2.05) is 36.4 Å². The fourth-order valence-corrected chi connectivity index (χ4v) is 2.59. The van der Waals surface area contributed by atoms with Crippen molar-refractivity contribution in [1.29, 1.82) is 0 Å². The van der Waals surface area contributed by atoms with E-state index in [4.69, 9.17) is 21.6 Å². The number of hydrogen-bond acceptors (Lipinski definition) is 2. The lowest BCUT2D eigenvalue weighted by molar-refractivity contribution is 1.15. The lowest BCUT2D eigenvalue weighted by Crippen LogP contribution is -2.00. The van der Waals surface area contributed by atoms with Crippen LogP contribution in [0, 0.1) is 6.92 Å². The molecule has 0 aliphatic rings. The van der Waals surface area contributed by atoms with E-state index in [1.54, 1.807) is 0 Å². The number of hydrogen-bond donors (Lipinski definition) is 0. The Labute approximate surface area is 124 Å². The summed E-state index contributed by atoms with van der Waals surface area (Å²) in [5.41, 5.74) is 5.84. The van der Waals surface area contributed by atoms with E-state index in [9.17, 15) is 0 Å². The number of nitrogens with zero attached hydrogens (tertiary/aromatic N) is 2. The van der Waals surface area contributed by atoms with Gasteiger partial charge in [-0.2, -0.15) is 0 Å². The number of aryl methyl sites for hydroxylation is 1. The number of aromatic nitrogens is 2. The van der Waals surface area contributed by atoms with Gasteiger partial charge in [0, 0.05) is 5.56 Å². The minimum Gasteiger partial charge on any atom is -0.250 e. The molecule has 1 aromatic heterocycles. The smallest absolute Gasteiger partial charge is 0.109 e. The third kappa shape index (κ3) is 2.18. The van der Waals surface area contributed by atoms with Gasteiger partial charge in [0.25, 0.3) is 0 Å². The lowest BCUT2D eigenvalue weighted by atomic mass is 9.97. The van der Waals surface area contributed by atoms with Crippen LogP contribution in [0.4, 0.5) is 0 Å². The van der Waals surface area contributed by atoms with Crippen LogP contribution in [0.15, 0.2) is 42.5 Å². The Kier molecular flexibility index (Phi) is 3.45. The molecule has 0 aliphatic heterocycles. The molecule has 2 aromatic carbocycles. The molecule has 4 heteroatoms. The molecule has 0 atom stereocenters. The third-order valence-corrected chi connectivity index (χ3v) is 3.76. The van der Waals surface area contributed by atoms with Gasteiger partial charge in [0.05, 0.1) is 27.4 Å². The summed E-state index contributed by atoms with van der Waals surface area (Å²) in [6.07, 6.45) is 0.831. The highest BCUT2D eigenvalue weighted by Gasteiger charge is 2.12. The first-order valence-electron chi connectivity index (χ1n) is 6.72. The van der Waals surface area contributed by atoms with Crippen molar-refractivity contribution in [1.82, 2.24) is 9.97 Å². The Morgan fingerprint density at radius 3 is 2.60 bits per heavy atom. The first kappa shape index (κ1) is 13.1. The van der Waals surface area contributed by atoms with E-state index in [2.05, 4.69) is 20.8 Å². The van der Waals surface area contributed by atoms with Gasteiger partial charge in [-0.1, -0.05) is 41.9 Å². The minimum absolute atomic E-state index is 0.712. The van der Waals surface area contributed by atoms with Gasteiger partial charge in [-0.25, -0.2) is 9.97 Å². The quantitative estimate of drug-likeness (QED) is 0.673. The first-order chi connectivity index (χ1) is 9.70. The van der Waals surface area contributed by atoms with Crippen LogP contribution in [0.1, 0.15) is 11.3 Å². The Hall–Kier alpha value is -1.87. The summed E-state index contributed by atoms with van der Waals surface area (Å²) in [6.45, 7) is 2.05. The van der Waals surface area contributed by atoms with Gasteiger partial charge < -0.3 is 0 Å². The average molecular weight is 281 g/mol. The van der Waals surface area contributed by atoms with Gasteiger partial charge in [-0.15, -0.1) is 0 Å². The van der Waals surface area contributed by atoms with E-state index in [-0.39, 0.29) is 0 Å². The van der Waals surface area contributed by atoms with Crippen LogP contribution in [-0.2, 0) is 6.32 Å². The van der Waals surface area contributed by atoms with Crippen LogP contribution in [0.3, 0.4) is 0 Å². The number of benzene rings is 2. The molecule has 0 unspecified atom stereocenters. The van der Waals surface area contributed by atoms with E-state index in [1.165, 1.54) is 0 Å². The normalized spacial score (nSPS) is 10.9. The summed E-state index contributed by atoms with van der Waals surface area (Å²) in [6, 6.07) is 13.9. The maximum Gasteiger partial charge on any atom is 0.109 e. The van der Waals surface area contributed by atoms with Crippen molar-refractivity contribution in [3.8, 4) is 11.3 Å². The average Bonchev–Trinajstić information content (AvgIpc) is 2.47. The Balaban J connectivity index is 2.34. The van der Waals surface area contributed by atoms with Crippen LogP contribution in [0.2, 0.25) is 5.02 Å². The maximum absolute atomic E-state index is 6.31. The predicted molar refractivity (Wildman–Crippen MR) is 87.0 cm³/mol. The summed E-state index contributed by atoms with van der Waals surface area (Å²) in [4.78, 5) is 9.58. The molecule has 20 heavy (non-hydrogen) atoms. The lowest BCUT2D eigenvalue weighted by Gasteiger charge is -2.11. The van der Waals surface area contributed by atoms with Crippen molar-refractivity contribution in [2.24, 2.45) is 0 Å². The van der Waals surface area contributed by atoms with Gasteiger partial charge in [-0.05, 0) is 30.9 Å². The van der Waals surface area contributed by atoms with Gasteiger partial charge in [0.2, 0.25) is 0 Å². The van der Waals surface area contributed by atoms with Crippen LogP contribution < -0.4 is 0 Å². The molecule has 3 aromatic rings. The summed E-state index contributed by atoms with van der Waals surface area (Å²) in [7, 11) is 2.09. The molecule has 0 N–H and O–H groups in total. The fourth-order valence-electron chi connectivity index (χ4n) is 2.37. The molecular formula is C16H14BClN2. The van der Waals surface area contributed by atoms with Crippen LogP contribution in [0.25, 0.3) is 22.3 Å². The van der Waals surface area contributed by atoms with Crippen molar-refractivity contribution in [2.45, 2.75) is 13.2 Å². The molecule has 0 spiro atoms. The van der Waals surface area contributed by atoms with Crippen LogP contribution >= 0.6 is 11.6 Å². The third-order valence-electron chi connectivity index (χ3n) is 3.43. The van der Waals surface area contributed by atoms with Crippen molar-refractivity contribution in [3.63, 3.8) is 0 Å². The molecule has 0 aliphatic carbocycles. The molecule has 0 amide bonds. The fraction of sp³-hybridized carbons (Fsp3) is 0.125. The maximum atomic E-state index is 6.31. The Morgan fingerprint density at radius 1 is 1.05 bits per heavy atom. The molecule has 3 rings (SSSR count). The number of fused-ring (bicyclic) bond motifs is 1. The second-order valence-corrected chi connectivity index (χ2v) is 5.20.